The molecule has 1 N–H and O–H groups in total. The molecule has 1 amide bonds. The number of amides is 1. The van der Waals surface area contributed by atoms with Gasteiger partial charge in [0, 0.05) is 18.5 Å². The van der Waals surface area contributed by atoms with Crippen LogP contribution in [-0.2, 0) is 14.8 Å². The first-order valence-electron chi connectivity index (χ1n) is 10.4. The number of nitrogens with one attached hydrogen (secondary N) is 1. The van der Waals surface area contributed by atoms with Crippen LogP contribution in [0, 0.1) is 12.8 Å². The predicted molar refractivity (Wildman–Crippen MR) is 115 cm³/mol. The van der Waals surface area contributed by atoms with E-state index >= 15 is 0 Å². The summed E-state index contributed by atoms with van der Waals surface area (Å²) in [6.45, 7) is 4.32. The number of nitrogens with zero attached hydrogens (tertiary/aromatic N) is 2. The van der Waals surface area contributed by atoms with Crippen LogP contribution in [0.2, 0.25) is 0 Å². The van der Waals surface area contributed by atoms with E-state index in [1.165, 1.54) is 0 Å². The van der Waals surface area contributed by atoms with Crippen molar-refractivity contribution in [3.05, 3.63) is 41.3 Å². The molecule has 2 aromatic rings. The second-order valence-corrected chi connectivity index (χ2v) is 10.0. The maximum Gasteiger partial charge on any atom is 0.243 e. The van der Waals surface area contributed by atoms with Gasteiger partial charge in [-0.3, -0.25) is 4.79 Å². The Morgan fingerprint density at radius 3 is 2.57 bits per heavy atom. The maximum absolute atomic E-state index is 12.9. The van der Waals surface area contributed by atoms with Crippen LogP contribution in [0.3, 0.4) is 0 Å². The van der Waals surface area contributed by atoms with Crippen molar-refractivity contribution in [3.63, 3.8) is 0 Å². The topological polar surface area (TPSA) is 92.5 Å². The highest BCUT2D eigenvalue weighted by atomic mass is 32.2. The molecular formula is C22H27N3O4S. The monoisotopic (exact) mass is 429 g/mol. The van der Waals surface area contributed by atoms with E-state index in [0.29, 0.717) is 28.6 Å². The molecule has 30 heavy (non-hydrogen) atoms. The van der Waals surface area contributed by atoms with Gasteiger partial charge >= 0.3 is 0 Å². The molecule has 1 saturated carbocycles. The molecule has 1 atom stereocenters. The van der Waals surface area contributed by atoms with Crippen LogP contribution in [0.15, 0.2) is 33.7 Å². The third kappa shape index (κ3) is 4.34. The van der Waals surface area contributed by atoms with Crippen molar-refractivity contribution in [3.8, 4) is 0 Å². The number of aromatic nitrogens is 1. The normalized spacial score (nSPS) is 20.5. The zero-order chi connectivity index (χ0) is 21.3. The number of carbonyl (C=O) groups excluding carboxylic acids is 1. The van der Waals surface area contributed by atoms with E-state index in [1.54, 1.807) is 41.6 Å². The lowest BCUT2D eigenvalue weighted by molar-refractivity contribution is -0.117. The van der Waals surface area contributed by atoms with E-state index in [0.717, 1.165) is 37.7 Å². The van der Waals surface area contributed by atoms with Crippen molar-refractivity contribution in [1.29, 1.82) is 0 Å². The molecule has 2 heterocycles. The van der Waals surface area contributed by atoms with Gasteiger partial charge in [-0.2, -0.15) is 4.31 Å². The Hall–Kier alpha value is -2.45. The average Bonchev–Trinajstić information content (AvgIpc) is 3.53. The number of hydrogen-bond donors (Lipinski definition) is 1. The summed E-state index contributed by atoms with van der Waals surface area (Å²) in [6, 6.07) is 6.84. The molecular weight excluding hydrogens is 402 g/mol. The lowest BCUT2D eigenvalue weighted by Crippen LogP contribution is -2.41. The molecule has 160 valence electrons. The summed E-state index contributed by atoms with van der Waals surface area (Å²) in [7, 11) is -3.48. The summed E-state index contributed by atoms with van der Waals surface area (Å²) in [5.41, 5.74) is 2.04. The minimum absolute atomic E-state index is 0.00236. The van der Waals surface area contributed by atoms with Gasteiger partial charge in [0.15, 0.2) is 5.76 Å². The molecule has 1 aromatic carbocycles. The van der Waals surface area contributed by atoms with E-state index in [4.69, 9.17) is 4.52 Å². The lowest BCUT2D eigenvalue weighted by Gasteiger charge is -2.32. The molecule has 1 saturated heterocycles. The Bertz CT molecular complexity index is 1050. The zero-order valence-electron chi connectivity index (χ0n) is 17.3. The molecule has 0 radical (unpaired) electrons. The van der Waals surface area contributed by atoms with Crippen LogP contribution in [0.25, 0.3) is 12.2 Å². The third-order valence-electron chi connectivity index (χ3n) is 5.74. The van der Waals surface area contributed by atoms with Crippen LogP contribution in [0.5, 0.6) is 0 Å². The first-order valence-corrected chi connectivity index (χ1v) is 11.9. The van der Waals surface area contributed by atoms with Gasteiger partial charge < -0.3 is 9.84 Å². The van der Waals surface area contributed by atoms with Crippen molar-refractivity contribution >= 4 is 33.8 Å². The van der Waals surface area contributed by atoms with Gasteiger partial charge in [0.05, 0.1) is 4.90 Å². The summed E-state index contributed by atoms with van der Waals surface area (Å²) in [5, 5.41) is 6.84. The first kappa shape index (κ1) is 20.8. The van der Waals surface area contributed by atoms with Gasteiger partial charge in [-0.1, -0.05) is 29.8 Å². The van der Waals surface area contributed by atoms with Gasteiger partial charge in [0.1, 0.15) is 11.4 Å². The standard InChI is InChI=1S/C22H27N3O4S/c1-15-5-3-4-14-25(15)30(27,28)19-11-6-17(7-12-19)8-13-20-21(16(2)24-29-20)23-22(26)18-9-10-18/h6-8,11-13,15,18H,3-5,9-10,14H2,1-2H3,(H,23,26)/b13-8-. The Morgan fingerprint density at radius 1 is 1.17 bits per heavy atom. The summed E-state index contributed by atoms with van der Waals surface area (Å²) in [4.78, 5) is 12.4. The van der Waals surface area contributed by atoms with Crippen LogP contribution in [-0.4, -0.2) is 36.4 Å². The van der Waals surface area contributed by atoms with Crippen molar-refractivity contribution in [2.75, 3.05) is 11.9 Å². The Labute approximate surface area is 177 Å². The Morgan fingerprint density at radius 2 is 1.90 bits per heavy atom. The highest BCUT2D eigenvalue weighted by molar-refractivity contribution is 7.89. The summed E-state index contributed by atoms with van der Waals surface area (Å²) >= 11 is 0. The Balaban J connectivity index is 1.49. The Kier molecular flexibility index (Phi) is 5.79. The van der Waals surface area contributed by atoms with Gasteiger partial charge in [-0.25, -0.2) is 8.42 Å². The number of piperidine rings is 1. The largest absolute Gasteiger partial charge is 0.354 e. The molecule has 1 unspecified atom stereocenters. The van der Waals surface area contributed by atoms with E-state index in [-0.39, 0.29) is 17.9 Å². The lowest BCUT2D eigenvalue weighted by atomic mass is 10.1. The van der Waals surface area contributed by atoms with E-state index in [2.05, 4.69) is 10.5 Å². The second kappa shape index (κ2) is 8.35. The quantitative estimate of drug-likeness (QED) is 0.747. The van der Waals surface area contributed by atoms with Crippen molar-refractivity contribution in [2.45, 2.75) is 56.9 Å². The highest BCUT2D eigenvalue weighted by Crippen LogP contribution is 2.32. The number of hydrogen-bond acceptors (Lipinski definition) is 5. The number of aryl methyl sites for hydroxylation is 1. The number of rotatable bonds is 6. The minimum atomic E-state index is -3.48. The van der Waals surface area contributed by atoms with Crippen LogP contribution < -0.4 is 5.32 Å². The van der Waals surface area contributed by atoms with Crippen LogP contribution in [0.4, 0.5) is 5.69 Å². The van der Waals surface area contributed by atoms with E-state index in [1.807, 2.05) is 13.0 Å². The van der Waals surface area contributed by atoms with Crippen molar-refractivity contribution in [1.82, 2.24) is 9.46 Å². The second-order valence-electron chi connectivity index (χ2n) is 8.13. The number of sulfonamides is 1. The minimum Gasteiger partial charge on any atom is -0.354 e. The summed E-state index contributed by atoms with van der Waals surface area (Å²) in [5.74, 6) is 0.561. The van der Waals surface area contributed by atoms with Crippen molar-refractivity contribution < 1.29 is 17.7 Å². The fraction of sp³-hybridized carbons (Fsp3) is 0.455. The van der Waals surface area contributed by atoms with Gasteiger partial charge in [-0.15, -0.1) is 0 Å². The molecule has 7 nitrogen and oxygen atoms in total. The molecule has 0 bridgehead atoms. The van der Waals surface area contributed by atoms with E-state index in [9.17, 15) is 13.2 Å². The maximum atomic E-state index is 12.9. The van der Waals surface area contributed by atoms with Crippen LogP contribution in [0.1, 0.15) is 56.0 Å². The first-order chi connectivity index (χ1) is 14.4. The molecule has 2 aliphatic rings. The molecule has 2 fully saturated rings. The molecule has 1 aliphatic heterocycles. The van der Waals surface area contributed by atoms with E-state index < -0.39 is 10.0 Å². The van der Waals surface area contributed by atoms with Gasteiger partial charge in [0.2, 0.25) is 15.9 Å². The number of anilines is 1. The summed E-state index contributed by atoms with van der Waals surface area (Å²) < 4.78 is 32.8. The third-order valence-corrected chi connectivity index (χ3v) is 7.77. The SMILES string of the molecule is Cc1noc(/C=C\c2ccc(S(=O)(=O)N3CCCCC3C)cc2)c1NC(=O)C1CC1. The smallest absolute Gasteiger partial charge is 0.243 e. The number of carbonyl (C=O) groups is 1. The molecule has 1 aliphatic carbocycles. The fourth-order valence-corrected chi connectivity index (χ4v) is 5.41. The van der Waals surface area contributed by atoms with Crippen LogP contribution >= 0.6 is 0 Å². The molecule has 4 rings (SSSR count). The predicted octanol–water partition coefficient (Wildman–Crippen LogP) is 4.07. The van der Waals surface area contributed by atoms with Gasteiger partial charge in [0.25, 0.3) is 0 Å². The average molecular weight is 430 g/mol. The highest BCUT2D eigenvalue weighted by Gasteiger charge is 2.31. The molecule has 1 aromatic heterocycles. The molecule has 8 heteroatoms. The van der Waals surface area contributed by atoms with Crippen molar-refractivity contribution in [2.24, 2.45) is 5.92 Å². The van der Waals surface area contributed by atoms with Gasteiger partial charge in [-0.05, 0) is 63.3 Å². The fourth-order valence-electron chi connectivity index (χ4n) is 3.71. The molecule has 0 spiro atoms. The summed E-state index contributed by atoms with van der Waals surface area (Å²) in [6.07, 6.45) is 8.27. The zero-order valence-corrected chi connectivity index (χ0v) is 18.1. The number of benzene rings is 1.